The van der Waals surface area contributed by atoms with Crippen LogP contribution in [0.15, 0.2) is 0 Å². The molecule has 2 N–H and O–H groups in total. The van der Waals surface area contributed by atoms with Gasteiger partial charge in [0.2, 0.25) is 5.91 Å². The zero-order valence-electron chi connectivity index (χ0n) is 11.2. The first-order chi connectivity index (χ1) is 9.04. The Morgan fingerprint density at radius 2 is 2.00 bits per heavy atom. The molecule has 7 heteroatoms. The van der Waals surface area contributed by atoms with Crippen LogP contribution < -0.4 is 0 Å². The number of amides is 1. The molecule has 1 heterocycles. The smallest absolute Gasteiger partial charge is 0.307 e. The zero-order valence-corrected chi connectivity index (χ0v) is 11.2. The normalized spacial score (nSPS) is 17.5. The third-order valence-corrected chi connectivity index (χ3v) is 3.09. The van der Waals surface area contributed by atoms with E-state index in [1.54, 1.807) is 16.7 Å². The van der Waals surface area contributed by atoms with Gasteiger partial charge in [-0.2, -0.15) is 0 Å². The van der Waals surface area contributed by atoms with Crippen molar-refractivity contribution in [1.29, 1.82) is 0 Å². The lowest BCUT2D eigenvalue weighted by molar-refractivity contribution is -0.143. The average molecular weight is 274 g/mol. The van der Waals surface area contributed by atoms with Gasteiger partial charge in [-0.3, -0.25) is 14.5 Å². The molecule has 0 aromatic carbocycles. The molecule has 1 aliphatic heterocycles. The number of hydrogen-bond donors (Lipinski definition) is 2. The molecule has 1 atom stereocenters. The van der Waals surface area contributed by atoms with Crippen molar-refractivity contribution >= 4 is 11.9 Å². The molecule has 7 nitrogen and oxygen atoms in total. The van der Waals surface area contributed by atoms with Crippen molar-refractivity contribution in [2.24, 2.45) is 5.92 Å². The first-order valence-electron chi connectivity index (χ1n) is 6.46. The van der Waals surface area contributed by atoms with Crippen LogP contribution in [0.2, 0.25) is 0 Å². The van der Waals surface area contributed by atoms with Gasteiger partial charge in [0, 0.05) is 26.2 Å². The van der Waals surface area contributed by atoms with Gasteiger partial charge >= 0.3 is 5.97 Å². The summed E-state index contributed by atoms with van der Waals surface area (Å²) >= 11 is 0. The Morgan fingerprint density at radius 3 is 2.53 bits per heavy atom. The number of morpholine rings is 1. The molecule has 0 saturated carbocycles. The molecule has 1 fully saturated rings. The van der Waals surface area contributed by atoms with Gasteiger partial charge in [0.25, 0.3) is 0 Å². The van der Waals surface area contributed by atoms with Crippen LogP contribution in [0.1, 0.15) is 6.92 Å². The fourth-order valence-corrected chi connectivity index (χ4v) is 1.95. The Hall–Kier alpha value is -1.18. The summed E-state index contributed by atoms with van der Waals surface area (Å²) in [4.78, 5) is 26.2. The van der Waals surface area contributed by atoms with E-state index in [1.807, 2.05) is 0 Å². The van der Waals surface area contributed by atoms with Crippen LogP contribution in [0.25, 0.3) is 0 Å². The molecular formula is C12H22N2O5. The molecule has 1 saturated heterocycles. The van der Waals surface area contributed by atoms with E-state index in [-0.39, 0.29) is 25.6 Å². The van der Waals surface area contributed by atoms with Crippen LogP contribution >= 0.6 is 0 Å². The van der Waals surface area contributed by atoms with E-state index in [1.165, 1.54) is 0 Å². The fraction of sp³-hybridized carbons (Fsp3) is 0.833. The molecule has 0 spiro atoms. The highest BCUT2D eigenvalue weighted by atomic mass is 16.5. The summed E-state index contributed by atoms with van der Waals surface area (Å²) in [6, 6.07) is 0. The average Bonchev–Trinajstić information content (AvgIpc) is 2.39. The summed E-state index contributed by atoms with van der Waals surface area (Å²) in [7, 11) is 0. The van der Waals surface area contributed by atoms with E-state index in [0.29, 0.717) is 32.8 Å². The predicted molar refractivity (Wildman–Crippen MR) is 67.7 cm³/mol. The van der Waals surface area contributed by atoms with Gasteiger partial charge in [-0.25, -0.2) is 0 Å². The number of carbonyl (C=O) groups is 2. The van der Waals surface area contributed by atoms with Crippen molar-refractivity contribution in [2.45, 2.75) is 6.92 Å². The number of carboxylic acids is 1. The van der Waals surface area contributed by atoms with Crippen LogP contribution in [0.3, 0.4) is 0 Å². The number of nitrogens with zero attached hydrogens (tertiary/aromatic N) is 2. The molecule has 0 aromatic heterocycles. The molecule has 1 rings (SSSR count). The van der Waals surface area contributed by atoms with Crippen molar-refractivity contribution in [3.05, 3.63) is 0 Å². The van der Waals surface area contributed by atoms with Crippen molar-refractivity contribution < 1.29 is 24.5 Å². The van der Waals surface area contributed by atoms with E-state index in [4.69, 9.17) is 14.9 Å². The largest absolute Gasteiger partial charge is 0.481 e. The highest BCUT2D eigenvalue weighted by Gasteiger charge is 2.22. The van der Waals surface area contributed by atoms with Crippen LogP contribution in [-0.2, 0) is 14.3 Å². The van der Waals surface area contributed by atoms with Gasteiger partial charge < -0.3 is 19.8 Å². The number of aliphatic hydroxyl groups excluding tert-OH is 1. The second-order valence-electron chi connectivity index (χ2n) is 4.69. The molecular weight excluding hydrogens is 252 g/mol. The number of carbonyl (C=O) groups excluding carboxylic acids is 1. The van der Waals surface area contributed by atoms with Crippen molar-refractivity contribution in [1.82, 2.24) is 9.80 Å². The first kappa shape index (κ1) is 15.9. The van der Waals surface area contributed by atoms with Crippen molar-refractivity contribution in [2.75, 3.05) is 52.5 Å². The molecule has 0 radical (unpaired) electrons. The number of aliphatic carboxylic acids is 1. The van der Waals surface area contributed by atoms with Gasteiger partial charge in [0.1, 0.15) is 0 Å². The third-order valence-electron chi connectivity index (χ3n) is 3.09. The van der Waals surface area contributed by atoms with Crippen LogP contribution in [0, 0.1) is 5.92 Å². The predicted octanol–water partition coefficient (Wildman–Crippen LogP) is -1.14. The molecule has 19 heavy (non-hydrogen) atoms. The SMILES string of the molecule is CC(CN(CCO)CC(=O)N1CCOCC1)C(=O)O. The lowest BCUT2D eigenvalue weighted by Gasteiger charge is -2.30. The summed E-state index contributed by atoms with van der Waals surface area (Å²) in [5.74, 6) is -1.51. The minimum atomic E-state index is -0.901. The summed E-state index contributed by atoms with van der Waals surface area (Å²) in [5.41, 5.74) is 0. The van der Waals surface area contributed by atoms with Gasteiger partial charge in [-0.1, -0.05) is 6.92 Å². The summed E-state index contributed by atoms with van der Waals surface area (Å²) < 4.78 is 5.17. The van der Waals surface area contributed by atoms with E-state index in [9.17, 15) is 9.59 Å². The molecule has 1 amide bonds. The van der Waals surface area contributed by atoms with Gasteiger partial charge in [0.05, 0.1) is 32.3 Å². The topological polar surface area (TPSA) is 90.3 Å². The maximum absolute atomic E-state index is 12.0. The number of ether oxygens (including phenoxy) is 1. The minimum Gasteiger partial charge on any atom is -0.481 e. The molecule has 110 valence electrons. The van der Waals surface area contributed by atoms with Crippen LogP contribution in [0.4, 0.5) is 0 Å². The standard InChI is InChI=1S/C12H22N2O5/c1-10(12(17)18)8-13(2-5-15)9-11(16)14-3-6-19-7-4-14/h10,15H,2-9H2,1H3,(H,17,18). The highest BCUT2D eigenvalue weighted by molar-refractivity contribution is 5.78. The van der Waals surface area contributed by atoms with Crippen molar-refractivity contribution in [3.63, 3.8) is 0 Å². The molecule has 0 aromatic rings. The van der Waals surface area contributed by atoms with Gasteiger partial charge in [-0.15, -0.1) is 0 Å². The Bertz CT molecular complexity index is 304. The third kappa shape index (κ3) is 5.54. The first-order valence-corrected chi connectivity index (χ1v) is 6.46. The molecule has 1 unspecified atom stereocenters. The number of carboxylic acid groups (broad SMARTS) is 1. The lowest BCUT2D eigenvalue weighted by atomic mass is 10.1. The quantitative estimate of drug-likeness (QED) is 0.610. The van der Waals surface area contributed by atoms with E-state index >= 15 is 0 Å². The number of hydrogen-bond acceptors (Lipinski definition) is 5. The second-order valence-corrected chi connectivity index (χ2v) is 4.69. The lowest BCUT2D eigenvalue weighted by Crippen LogP contribution is -2.47. The molecule has 0 bridgehead atoms. The van der Waals surface area contributed by atoms with E-state index in [0.717, 1.165) is 0 Å². The maximum Gasteiger partial charge on any atom is 0.307 e. The highest BCUT2D eigenvalue weighted by Crippen LogP contribution is 2.03. The summed E-state index contributed by atoms with van der Waals surface area (Å²) in [6.07, 6.45) is 0. The van der Waals surface area contributed by atoms with E-state index < -0.39 is 11.9 Å². The van der Waals surface area contributed by atoms with Crippen LogP contribution in [0.5, 0.6) is 0 Å². The molecule has 1 aliphatic rings. The maximum atomic E-state index is 12.0. The Kier molecular flexibility index (Phi) is 6.75. The number of rotatable bonds is 7. The van der Waals surface area contributed by atoms with Crippen LogP contribution in [-0.4, -0.2) is 84.4 Å². The van der Waals surface area contributed by atoms with Gasteiger partial charge in [-0.05, 0) is 0 Å². The number of aliphatic hydroxyl groups is 1. The monoisotopic (exact) mass is 274 g/mol. The second kappa shape index (κ2) is 8.08. The van der Waals surface area contributed by atoms with E-state index in [2.05, 4.69) is 0 Å². The fourth-order valence-electron chi connectivity index (χ4n) is 1.95. The zero-order chi connectivity index (χ0) is 14.3. The Morgan fingerprint density at radius 1 is 1.37 bits per heavy atom. The minimum absolute atomic E-state index is 0.0469. The molecule has 0 aliphatic carbocycles. The summed E-state index contributed by atoms with van der Waals surface area (Å²) in [6.45, 7) is 4.40. The van der Waals surface area contributed by atoms with Gasteiger partial charge in [0.15, 0.2) is 0 Å². The van der Waals surface area contributed by atoms with Crippen molar-refractivity contribution in [3.8, 4) is 0 Å². The summed E-state index contributed by atoms with van der Waals surface area (Å²) in [5, 5.41) is 17.9. The Labute approximate surface area is 112 Å². The Balaban J connectivity index is 2.46.